The average Bonchev–Trinajstić information content (AvgIpc) is 4.10. The highest BCUT2D eigenvalue weighted by Crippen LogP contribution is 2.28. The Morgan fingerprint density at radius 3 is 1.54 bits per heavy atom. The molecule has 0 aliphatic heterocycles. The minimum Gasteiger partial charge on any atom is -0.497 e. The van der Waals surface area contributed by atoms with Crippen LogP contribution < -0.4 is 15.8 Å². The summed E-state index contributed by atoms with van der Waals surface area (Å²) in [5.41, 5.74) is 15.0. The van der Waals surface area contributed by atoms with Crippen molar-refractivity contribution in [3.8, 4) is 39.5 Å². The molecule has 17 heteroatoms. The van der Waals surface area contributed by atoms with E-state index >= 15 is 0 Å². The molecule has 0 aliphatic carbocycles. The van der Waals surface area contributed by atoms with Gasteiger partial charge in [0.25, 0.3) is 0 Å². The minimum absolute atomic E-state index is 0.102. The molecule has 7 aromatic rings. The Morgan fingerprint density at radius 2 is 1.15 bits per heavy atom. The maximum absolute atomic E-state index is 13.1. The van der Waals surface area contributed by atoms with Crippen molar-refractivity contribution >= 4 is 56.2 Å². The van der Waals surface area contributed by atoms with Gasteiger partial charge >= 0.3 is 0 Å². The molecule has 0 bridgehead atoms. The molecule has 0 spiro atoms. The van der Waals surface area contributed by atoms with Crippen LogP contribution in [0.25, 0.3) is 33.8 Å². The zero-order valence-corrected chi connectivity index (χ0v) is 43.1. The summed E-state index contributed by atoms with van der Waals surface area (Å²) < 4.78 is 38.1. The van der Waals surface area contributed by atoms with Gasteiger partial charge in [0.1, 0.15) is 18.6 Å². The largest absolute Gasteiger partial charge is 0.497 e. The lowest BCUT2D eigenvalue weighted by atomic mass is 10.1. The average molecular weight is 984 g/mol. The maximum atomic E-state index is 13.1. The van der Waals surface area contributed by atoms with E-state index in [2.05, 4.69) is 55.6 Å². The van der Waals surface area contributed by atoms with Gasteiger partial charge in [-0.05, 0) is 83.1 Å². The number of benzene rings is 4. The first-order valence-corrected chi connectivity index (χ1v) is 25.4. The quantitative estimate of drug-likeness (QED) is 0.0699. The number of carbonyl (C=O) groups is 2. The van der Waals surface area contributed by atoms with Crippen LogP contribution in [0.4, 0.5) is 0 Å². The molecule has 3 N–H and O–H groups in total. The number of thiazole rings is 3. The van der Waals surface area contributed by atoms with E-state index in [1.165, 1.54) is 29.5 Å². The van der Waals surface area contributed by atoms with Crippen molar-refractivity contribution in [2.75, 3.05) is 55.1 Å². The molecular weight excluding hydrogens is 923 g/mol. The van der Waals surface area contributed by atoms with E-state index in [0.29, 0.717) is 29.0 Å². The Labute approximate surface area is 407 Å². The number of aryl methyl sites for hydroxylation is 5. The van der Waals surface area contributed by atoms with E-state index in [1.54, 1.807) is 91.2 Å². The maximum Gasteiger partial charge on any atom is 0.248 e. The predicted molar refractivity (Wildman–Crippen MR) is 275 cm³/mol. The molecule has 0 saturated heterocycles. The second-order valence-electron chi connectivity index (χ2n) is 15.1. The minimum atomic E-state index is -3.71. The number of methoxy groups -OCH3 is 1. The third kappa shape index (κ3) is 16.1. The van der Waals surface area contributed by atoms with Crippen molar-refractivity contribution in [1.29, 1.82) is 0 Å². The number of sulfonamides is 1. The summed E-state index contributed by atoms with van der Waals surface area (Å²) in [6, 6.07) is 27.3. The second-order valence-corrected chi connectivity index (χ2v) is 20.3. The second kappa shape index (κ2) is 26.7. The number of carbonyl (C=O) groups excluding carboxylic acids is 2. The fourth-order valence-electron chi connectivity index (χ4n) is 6.53. The van der Waals surface area contributed by atoms with Crippen LogP contribution in [0.5, 0.6) is 5.75 Å². The van der Waals surface area contributed by atoms with E-state index in [-0.39, 0.29) is 30.6 Å². The summed E-state index contributed by atoms with van der Waals surface area (Å²) in [7, 11) is 4.52. The Morgan fingerprint density at radius 1 is 0.716 bits per heavy atom. The van der Waals surface area contributed by atoms with E-state index in [4.69, 9.17) is 9.47 Å². The first-order chi connectivity index (χ1) is 32.1. The van der Waals surface area contributed by atoms with Crippen LogP contribution in [0.3, 0.4) is 0 Å². The van der Waals surface area contributed by atoms with Gasteiger partial charge in [-0.15, -0.1) is 34.0 Å². The fraction of sp³-hybridized carbons (Fsp3) is 0.300. The number of aromatic nitrogens is 3. The summed E-state index contributed by atoms with van der Waals surface area (Å²) in [6.45, 7) is 10.9. The molecule has 13 nitrogen and oxygen atoms in total. The summed E-state index contributed by atoms with van der Waals surface area (Å²) >= 11 is 4.93. The van der Waals surface area contributed by atoms with Crippen molar-refractivity contribution in [3.63, 3.8) is 0 Å². The highest BCUT2D eigenvalue weighted by molar-refractivity contribution is 7.89. The van der Waals surface area contributed by atoms with Crippen molar-refractivity contribution in [2.24, 2.45) is 5.73 Å². The lowest BCUT2D eigenvalue weighted by Gasteiger charge is -2.21. The SMILES string of the molecule is CN.CNCc1ccc(-c2csc(C)n2)cc1.COc1cc(C)c(S(=O)(=O)N(C)CCOCC(=O)N(C)Cc2ccc(-c3csc(C)n3)cc2)c(C)c1.Cc1nc(-c2ccc(C=O)cc2)cs1. The molecular formula is C50H61N7O6S4. The number of hydrogen-bond donors (Lipinski definition) is 2. The Balaban J connectivity index is 0.000000256. The third-order valence-corrected chi connectivity index (χ3v) is 14.5. The number of rotatable bonds is 16. The van der Waals surface area contributed by atoms with Crippen LogP contribution in [0.15, 0.2) is 106 Å². The number of amides is 1. The van der Waals surface area contributed by atoms with Crippen molar-refractivity contribution in [3.05, 3.63) is 144 Å². The van der Waals surface area contributed by atoms with Gasteiger partial charge in [0.15, 0.2) is 0 Å². The highest BCUT2D eigenvalue weighted by atomic mass is 32.2. The number of nitrogens with one attached hydrogen (secondary N) is 1. The summed E-state index contributed by atoms with van der Waals surface area (Å²) in [5.74, 6) is 0.435. The van der Waals surface area contributed by atoms with Crippen molar-refractivity contribution < 1.29 is 27.5 Å². The van der Waals surface area contributed by atoms with Crippen LogP contribution >= 0.6 is 34.0 Å². The Hall–Kier alpha value is -5.50. The molecule has 67 heavy (non-hydrogen) atoms. The molecule has 0 aliphatic rings. The molecule has 0 fully saturated rings. The normalized spacial score (nSPS) is 10.8. The number of likely N-dealkylation sites (N-methyl/N-ethyl adjacent to an activating group) is 2. The summed E-state index contributed by atoms with van der Waals surface area (Å²) in [6.07, 6.45) is 0.843. The fourth-order valence-corrected chi connectivity index (χ4v) is 9.96. The first-order valence-electron chi connectivity index (χ1n) is 21.3. The molecule has 4 aromatic carbocycles. The number of ether oxygens (including phenoxy) is 2. The van der Waals surface area contributed by atoms with Crippen LogP contribution in [-0.2, 0) is 32.6 Å². The Kier molecular flexibility index (Phi) is 21.6. The molecule has 356 valence electrons. The lowest BCUT2D eigenvalue weighted by molar-refractivity contribution is -0.135. The van der Waals surface area contributed by atoms with Crippen molar-refractivity contribution in [2.45, 2.75) is 52.6 Å². The van der Waals surface area contributed by atoms with E-state index in [1.807, 2.05) is 75.0 Å². The van der Waals surface area contributed by atoms with Crippen molar-refractivity contribution in [1.82, 2.24) is 29.5 Å². The van der Waals surface area contributed by atoms with Gasteiger partial charge in [-0.25, -0.2) is 23.4 Å². The zero-order valence-electron chi connectivity index (χ0n) is 39.8. The van der Waals surface area contributed by atoms with E-state index in [0.717, 1.165) is 61.6 Å². The summed E-state index contributed by atoms with van der Waals surface area (Å²) in [5, 5.41) is 12.5. The zero-order chi connectivity index (χ0) is 49.1. The van der Waals surface area contributed by atoms with Gasteiger partial charge in [-0.1, -0.05) is 72.8 Å². The first kappa shape index (κ1) is 54.1. The van der Waals surface area contributed by atoms with Gasteiger partial charge < -0.3 is 25.4 Å². The number of nitrogens with zero attached hydrogens (tertiary/aromatic N) is 5. The molecule has 0 unspecified atom stereocenters. The topological polar surface area (TPSA) is 170 Å². The smallest absolute Gasteiger partial charge is 0.248 e. The van der Waals surface area contributed by atoms with Crippen LogP contribution in [-0.4, -0.2) is 99.8 Å². The summed E-state index contributed by atoms with van der Waals surface area (Å²) in [4.78, 5) is 38.1. The molecule has 3 aromatic heterocycles. The third-order valence-electron chi connectivity index (χ3n) is 10.0. The molecule has 0 saturated carbocycles. The van der Waals surface area contributed by atoms with Gasteiger partial charge in [-0.2, -0.15) is 4.31 Å². The van der Waals surface area contributed by atoms with Crippen LogP contribution in [0.1, 0.15) is 47.6 Å². The van der Waals surface area contributed by atoms with Gasteiger partial charge in [0.05, 0.1) is 50.7 Å². The predicted octanol–water partition coefficient (Wildman–Crippen LogP) is 9.38. The highest BCUT2D eigenvalue weighted by Gasteiger charge is 2.25. The van der Waals surface area contributed by atoms with Gasteiger partial charge in [-0.3, -0.25) is 9.59 Å². The van der Waals surface area contributed by atoms with Gasteiger partial charge in [0, 0.05) is 72.1 Å². The standard InChI is InChI=1S/C26H33N3O5S2.C12H14N2S.C11H9NOS.CH5N/c1-18-13-23(33-6)14-19(2)26(18)36(31,32)29(5)11-12-34-16-25(30)28(4)15-21-7-9-22(10-8-21)24-17-35-20(3)27-24;1-9-14-12(8-15-9)11-5-3-10(4-6-11)7-13-2;1-8-12-11(7-14-8)10-4-2-9(6-13)3-5-10;1-2/h7-10,13-14,17H,11-12,15-16H2,1-6H3;3-6,8,13H,7H2,1-2H3;2-7H,1H3;2H2,1H3. The lowest BCUT2D eigenvalue weighted by Crippen LogP contribution is -2.33. The molecule has 3 heterocycles. The van der Waals surface area contributed by atoms with Crippen LogP contribution in [0, 0.1) is 34.6 Å². The number of aldehydes is 1. The molecule has 1 amide bonds. The molecule has 0 atom stereocenters. The van der Waals surface area contributed by atoms with E-state index in [9.17, 15) is 18.0 Å². The van der Waals surface area contributed by atoms with Crippen LogP contribution in [0.2, 0.25) is 0 Å². The Bertz CT molecular complexity index is 2710. The number of nitrogens with two attached hydrogens (primary N) is 1. The molecule has 7 rings (SSSR count). The van der Waals surface area contributed by atoms with Gasteiger partial charge in [0.2, 0.25) is 15.9 Å². The molecule has 0 radical (unpaired) electrons. The van der Waals surface area contributed by atoms with E-state index < -0.39 is 10.0 Å². The number of hydrogen-bond acceptors (Lipinski definition) is 14. The monoisotopic (exact) mass is 983 g/mol.